The van der Waals surface area contributed by atoms with E-state index in [1.165, 1.54) is 0 Å². The fourth-order valence-corrected chi connectivity index (χ4v) is 4.73. The molecule has 5 rings (SSSR count). The summed E-state index contributed by atoms with van der Waals surface area (Å²) in [4.78, 5) is 19.8. The van der Waals surface area contributed by atoms with Crippen molar-refractivity contribution in [1.29, 1.82) is 0 Å². The van der Waals surface area contributed by atoms with Gasteiger partial charge in [0, 0.05) is 55.3 Å². The molecular formula is C27H29N3O2. The van der Waals surface area contributed by atoms with Crippen LogP contribution in [0.15, 0.2) is 60.8 Å². The molecule has 5 heteroatoms. The van der Waals surface area contributed by atoms with Gasteiger partial charge in [-0.3, -0.25) is 9.78 Å². The Balaban J connectivity index is 1.30. The number of pyridine rings is 1. The molecule has 0 radical (unpaired) electrons. The lowest BCUT2D eigenvalue weighted by Crippen LogP contribution is -2.48. The van der Waals surface area contributed by atoms with Crippen molar-refractivity contribution >= 4 is 28.4 Å². The summed E-state index contributed by atoms with van der Waals surface area (Å²) in [7, 11) is 0. The number of carbonyl (C=O) groups is 1. The van der Waals surface area contributed by atoms with Crippen LogP contribution in [-0.4, -0.2) is 41.0 Å². The minimum Gasteiger partial charge on any atom is -0.482 e. The van der Waals surface area contributed by atoms with Crippen molar-refractivity contribution in [2.75, 3.05) is 25.0 Å². The molecule has 32 heavy (non-hydrogen) atoms. The Bertz CT molecular complexity index is 1170. The topological polar surface area (TPSA) is 54.5 Å². The molecule has 3 aromatic rings. The highest BCUT2D eigenvalue weighted by Crippen LogP contribution is 2.38. The van der Waals surface area contributed by atoms with Crippen LogP contribution < -0.4 is 10.1 Å². The zero-order valence-electron chi connectivity index (χ0n) is 18.7. The number of anilines is 1. The number of nitrogens with zero attached hydrogens (tertiary/aromatic N) is 2. The second-order valence-electron chi connectivity index (χ2n) is 9.28. The first-order valence-corrected chi connectivity index (χ1v) is 11.4. The lowest BCUT2D eigenvalue weighted by atomic mass is 9.87. The minimum atomic E-state index is -0.212. The van der Waals surface area contributed by atoms with Crippen LogP contribution in [0.5, 0.6) is 5.75 Å². The number of hydrogen-bond donors (Lipinski definition) is 1. The highest BCUT2D eigenvalue weighted by molar-refractivity contribution is 6.11. The number of aromatic nitrogens is 1. The third kappa shape index (κ3) is 4.13. The monoisotopic (exact) mass is 427 g/mol. The number of nitrogens with one attached hydrogen (secondary N) is 1. The van der Waals surface area contributed by atoms with E-state index in [4.69, 9.17) is 4.74 Å². The maximum absolute atomic E-state index is 12.9. The lowest BCUT2D eigenvalue weighted by Gasteiger charge is -2.42. The first kappa shape index (κ1) is 20.7. The molecule has 2 aromatic carbocycles. The van der Waals surface area contributed by atoms with Crippen molar-refractivity contribution in [3.63, 3.8) is 0 Å². The van der Waals surface area contributed by atoms with Gasteiger partial charge in [-0.15, -0.1) is 0 Å². The van der Waals surface area contributed by atoms with Crippen molar-refractivity contribution in [1.82, 2.24) is 9.88 Å². The van der Waals surface area contributed by atoms with E-state index in [9.17, 15) is 4.79 Å². The normalized spacial score (nSPS) is 17.3. The van der Waals surface area contributed by atoms with Gasteiger partial charge in [0.05, 0.1) is 0 Å². The Morgan fingerprint density at radius 2 is 1.97 bits per heavy atom. The Kier molecular flexibility index (Phi) is 5.43. The van der Waals surface area contributed by atoms with Gasteiger partial charge in [0.15, 0.2) is 0 Å². The molecule has 1 N–H and O–H groups in total. The summed E-state index contributed by atoms with van der Waals surface area (Å²) >= 11 is 0. The first-order chi connectivity index (χ1) is 15.5. The van der Waals surface area contributed by atoms with Crippen LogP contribution in [-0.2, 0) is 0 Å². The average molecular weight is 428 g/mol. The van der Waals surface area contributed by atoms with E-state index in [0.29, 0.717) is 11.6 Å². The standard InChI is InChI=1S/C27H29N3O2/c1-19(2)18-30-15-12-27(13-16-30)11-9-21-17-22(7-8-24(21)32-27)29-26(31)25-23-6-4-3-5-20(23)10-14-28-25/h3-11,14,17,19H,12-13,15-16,18H2,1-2H3,(H,29,31). The minimum absolute atomic E-state index is 0.210. The van der Waals surface area contributed by atoms with E-state index >= 15 is 0 Å². The number of rotatable bonds is 4. The van der Waals surface area contributed by atoms with Crippen LogP contribution >= 0.6 is 0 Å². The second kappa shape index (κ2) is 8.40. The quantitative estimate of drug-likeness (QED) is 0.607. The zero-order chi connectivity index (χ0) is 22.1. The molecule has 2 aliphatic heterocycles. The van der Waals surface area contributed by atoms with E-state index in [1.54, 1.807) is 6.20 Å². The molecular weight excluding hydrogens is 398 g/mol. The van der Waals surface area contributed by atoms with Crippen molar-refractivity contribution < 1.29 is 9.53 Å². The molecule has 5 nitrogen and oxygen atoms in total. The summed E-state index contributed by atoms with van der Waals surface area (Å²) in [6.07, 6.45) is 8.02. The van der Waals surface area contributed by atoms with E-state index < -0.39 is 0 Å². The molecule has 1 aromatic heterocycles. The fourth-order valence-electron chi connectivity index (χ4n) is 4.73. The number of carbonyl (C=O) groups excluding carboxylic acids is 1. The average Bonchev–Trinajstić information content (AvgIpc) is 2.80. The highest BCUT2D eigenvalue weighted by Gasteiger charge is 2.36. The van der Waals surface area contributed by atoms with E-state index in [2.05, 4.69) is 41.2 Å². The van der Waals surface area contributed by atoms with E-state index in [1.807, 2.05) is 48.5 Å². The predicted octanol–water partition coefficient (Wildman–Crippen LogP) is 5.38. The van der Waals surface area contributed by atoms with Crippen molar-refractivity contribution in [3.8, 4) is 5.75 Å². The van der Waals surface area contributed by atoms with E-state index in [-0.39, 0.29) is 11.5 Å². The van der Waals surface area contributed by atoms with Gasteiger partial charge < -0.3 is 15.0 Å². The molecule has 1 saturated heterocycles. The van der Waals surface area contributed by atoms with Gasteiger partial charge in [0.1, 0.15) is 17.0 Å². The van der Waals surface area contributed by atoms with Gasteiger partial charge in [-0.1, -0.05) is 44.2 Å². The van der Waals surface area contributed by atoms with Gasteiger partial charge in [-0.05, 0) is 41.6 Å². The molecule has 1 amide bonds. The van der Waals surface area contributed by atoms with Gasteiger partial charge in [-0.25, -0.2) is 0 Å². The summed E-state index contributed by atoms with van der Waals surface area (Å²) in [6.45, 7) is 7.80. The zero-order valence-corrected chi connectivity index (χ0v) is 18.7. The summed E-state index contributed by atoms with van der Waals surface area (Å²) in [5.74, 6) is 1.35. The summed E-state index contributed by atoms with van der Waals surface area (Å²) in [5, 5.41) is 4.84. The molecule has 3 heterocycles. The maximum atomic E-state index is 12.9. The molecule has 0 saturated carbocycles. The highest BCUT2D eigenvalue weighted by atomic mass is 16.5. The van der Waals surface area contributed by atoms with Crippen LogP contribution in [0, 0.1) is 5.92 Å². The molecule has 1 fully saturated rings. The molecule has 2 aliphatic rings. The number of ether oxygens (including phenoxy) is 1. The molecule has 164 valence electrons. The molecule has 1 spiro atoms. The Morgan fingerprint density at radius 1 is 1.16 bits per heavy atom. The summed E-state index contributed by atoms with van der Waals surface area (Å²) in [5.41, 5.74) is 1.95. The molecule has 0 aliphatic carbocycles. The van der Waals surface area contributed by atoms with E-state index in [0.717, 1.165) is 60.2 Å². The smallest absolute Gasteiger partial charge is 0.274 e. The number of piperidine rings is 1. The summed E-state index contributed by atoms with van der Waals surface area (Å²) in [6, 6.07) is 15.5. The molecule has 0 unspecified atom stereocenters. The second-order valence-corrected chi connectivity index (χ2v) is 9.28. The molecule has 0 bridgehead atoms. The number of fused-ring (bicyclic) bond motifs is 2. The van der Waals surface area contributed by atoms with Gasteiger partial charge in [-0.2, -0.15) is 0 Å². The van der Waals surface area contributed by atoms with Crippen LogP contribution in [0.1, 0.15) is 42.7 Å². The largest absolute Gasteiger partial charge is 0.482 e. The van der Waals surface area contributed by atoms with Gasteiger partial charge in [0.2, 0.25) is 0 Å². The Morgan fingerprint density at radius 3 is 2.78 bits per heavy atom. The number of hydrogen-bond acceptors (Lipinski definition) is 4. The van der Waals surface area contributed by atoms with Crippen molar-refractivity contribution in [2.24, 2.45) is 5.92 Å². The lowest BCUT2D eigenvalue weighted by molar-refractivity contribution is 0.0351. The summed E-state index contributed by atoms with van der Waals surface area (Å²) < 4.78 is 6.48. The van der Waals surface area contributed by atoms with Crippen LogP contribution in [0.4, 0.5) is 5.69 Å². The van der Waals surface area contributed by atoms with Crippen molar-refractivity contribution in [3.05, 3.63) is 72.1 Å². The first-order valence-electron chi connectivity index (χ1n) is 11.4. The van der Waals surface area contributed by atoms with Crippen molar-refractivity contribution in [2.45, 2.75) is 32.3 Å². The van der Waals surface area contributed by atoms with Crippen LogP contribution in [0.25, 0.3) is 16.8 Å². The maximum Gasteiger partial charge on any atom is 0.274 e. The van der Waals surface area contributed by atoms with Crippen LogP contribution in [0.2, 0.25) is 0 Å². The third-order valence-corrected chi connectivity index (χ3v) is 6.36. The van der Waals surface area contributed by atoms with Gasteiger partial charge >= 0.3 is 0 Å². The predicted molar refractivity (Wildman–Crippen MR) is 129 cm³/mol. The van der Waals surface area contributed by atoms with Crippen LogP contribution in [0.3, 0.4) is 0 Å². The Hall–Kier alpha value is -3.18. The Labute approximate surface area is 189 Å². The molecule has 0 atom stereocenters. The third-order valence-electron chi connectivity index (χ3n) is 6.36. The number of likely N-dealkylation sites (tertiary alicyclic amines) is 1. The fraction of sp³-hybridized carbons (Fsp3) is 0.333. The van der Waals surface area contributed by atoms with Gasteiger partial charge in [0.25, 0.3) is 5.91 Å². The number of amides is 1. The number of benzene rings is 2. The SMILES string of the molecule is CC(C)CN1CCC2(C=Cc3cc(NC(=O)c4nccc5ccccc45)ccc3O2)CC1.